The lowest BCUT2D eigenvalue weighted by atomic mass is 10.00. The van der Waals surface area contributed by atoms with E-state index in [0.717, 1.165) is 15.6 Å². The Bertz CT molecular complexity index is 422. The molecule has 76 valence electrons. The van der Waals surface area contributed by atoms with Crippen molar-refractivity contribution in [2.24, 2.45) is 5.73 Å². The van der Waals surface area contributed by atoms with Crippen molar-refractivity contribution in [1.29, 1.82) is 0 Å². The lowest BCUT2D eigenvalue weighted by Gasteiger charge is -2.12. The molecule has 0 aliphatic rings. The zero-order valence-corrected chi connectivity index (χ0v) is 9.81. The van der Waals surface area contributed by atoms with Crippen LogP contribution in [0.25, 0.3) is 0 Å². The fourth-order valence-electron chi connectivity index (χ4n) is 1.52. The van der Waals surface area contributed by atoms with Crippen molar-refractivity contribution >= 4 is 15.9 Å². The SMILES string of the molecule is N[C@@H](c1ccccc1)c1ccc(Br)cc1. The maximum atomic E-state index is 6.15. The van der Waals surface area contributed by atoms with Gasteiger partial charge in [0.15, 0.2) is 0 Å². The summed E-state index contributed by atoms with van der Waals surface area (Å²) in [7, 11) is 0. The van der Waals surface area contributed by atoms with Crippen LogP contribution in [-0.4, -0.2) is 0 Å². The van der Waals surface area contributed by atoms with Gasteiger partial charge in [-0.2, -0.15) is 0 Å². The minimum absolute atomic E-state index is 0.0423. The van der Waals surface area contributed by atoms with Gasteiger partial charge in [-0.05, 0) is 23.3 Å². The van der Waals surface area contributed by atoms with Crippen molar-refractivity contribution < 1.29 is 0 Å². The largest absolute Gasteiger partial charge is 0.320 e. The summed E-state index contributed by atoms with van der Waals surface area (Å²) in [4.78, 5) is 0. The molecule has 0 bridgehead atoms. The number of hydrogen-bond donors (Lipinski definition) is 1. The lowest BCUT2D eigenvalue weighted by Crippen LogP contribution is -2.11. The van der Waals surface area contributed by atoms with Crippen molar-refractivity contribution in [3.05, 3.63) is 70.2 Å². The molecular weight excluding hydrogens is 250 g/mol. The molecule has 2 aromatic carbocycles. The smallest absolute Gasteiger partial charge is 0.0551 e. The first-order valence-electron chi connectivity index (χ1n) is 4.83. The van der Waals surface area contributed by atoms with Crippen LogP contribution >= 0.6 is 15.9 Å². The van der Waals surface area contributed by atoms with Gasteiger partial charge in [-0.25, -0.2) is 0 Å². The van der Waals surface area contributed by atoms with Gasteiger partial charge in [-0.1, -0.05) is 58.4 Å². The summed E-state index contributed by atoms with van der Waals surface area (Å²) >= 11 is 3.41. The monoisotopic (exact) mass is 261 g/mol. The molecule has 2 heteroatoms. The van der Waals surface area contributed by atoms with Gasteiger partial charge in [-0.3, -0.25) is 0 Å². The zero-order chi connectivity index (χ0) is 10.7. The summed E-state index contributed by atoms with van der Waals surface area (Å²) in [5.41, 5.74) is 8.42. The van der Waals surface area contributed by atoms with E-state index in [2.05, 4.69) is 15.9 Å². The molecule has 0 fully saturated rings. The molecule has 0 heterocycles. The molecular formula is C13H12BrN. The van der Waals surface area contributed by atoms with Crippen LogP contribution in [0.2, 0.25) is 0 Å². The molecule has 0 saturated carbocycles. The van der Waals surface area contributed by atoms with E-state index in [9.17, 15) is 0 Å². The molecule has 0 amide bonds. The molecule has 2 aromatic rings. The van der Waals surface area contributed by atoms with Crippen LogP contribution in [0.1, 0.15) is 17.2 Å². The van der Waals surface area contributed by atoms with Crippen LogP contribution in [0.5, 0.6) is 0 Å². The van der Waals surface area contributed by atoms with Crippen LogP contribution in [0.4, 0.5) is 0 Å². The lowest BCUT2D eigenvalue weighted by molar-refractivity contribution is 0.871. The topological polar surface area (TPSA) is 26.0 Å². The highest BCUT2D eigenvalue weighted by molar-refractivity contribution is 9.10. The third-order valence-corrected chi connectivity index (χ3v) is 2.92. The molecule has 1 atom stereocenters. The van der Waals surface area contributed by atoms with Crippen LogP contribution < -0.4 is 5.73 Å². The van der Waals surface area contributed by atoms with Gasteiger partial charge < -0.3 is 5.73 Å². The number of nitrogens with two attached hydrogens (primary N) is 1. The molecule has 0 aromatic heterocycles. The van der Waals surface area contributed by atoms with Crippen molar-refractivity contribution in [3.63, 3.8) is 0 Å². The van der Waals surface area contributed by atoms with Crippen molar-refractivity contribution in [3.8, 4) is 0 Å². The van der Waals surface area contributed by atoms with E-state index in [0.29, 0.717) is 0 Å². The second-order valence-electron chi connectivity index (χ2n) is 3.44. The predicted octanol–water partition coefficient (Wildman–Crippen LogP) is 3.50. The molecule has 0 spiro atoms. The fourth-order valence-corrected chi connectivity index (χ4v) is 1.79. The van der Waals surface area contributed by atoms with Crippen molar-refractivity contribution in [2.75, 3.05) is 0 Å². The summed E-state index contributed by atoms with van der Waals surface area (Å²) in [5.74, 6) is 0. The van der Waals surface area contributed by atoms with Gasteiger partial charge in [0.1, 0.15) is 0 Å². The van der Waals surface area contributed by atoms with Crippen LogP contribution in [0.3, 0.4) is 0 Å². The number of halogens is 1. The minimum Gasteiger partial charge on any atom is -0.320 e. The first-order valence-corrected chi connectivity index (χ1v) is 5.62. The molecule has 0 saturated heterocycles. The van der Waals surface area contributed by atoms with Crippen molar-refractivity contribution in [1.82, 2.24) is 0 Å². The van der Waals surface area contributed by atoms with E-state index < -0.39 is 0 Å². The first kappa shape index (κ1) is 10.4. The molecule has 0 aliphatic heterocycles. The van der Waals surface area contributed by atoms with E-state index >= 15 is 0 Å². The van der Waals surface area contributed by atoms with Crippen LogP contribution in [0, 0.1) is 0 Å². The molecule has 2 N–H and O–H groups in total. The molecule has 0 unspecified atom stereocenters. The Balaban J connectivity index is 2.29. The molecule has 0 aliphatic carbocycles. The third-order valence-electron chi connectivity index (χ3n) is 2.39. The predicted molar refractivity (Wildman–Crippen MR) is 66.6 cm³/mol. The van der Waals surface area contributed by atoms with Crippen LogP contribution in [-0.2, 0) is 0 Å². The van der Waals surface area contributed by atoms with Gasteiger partial charge in [0.25, 0.3) is 0 Å². The Labute approximate surface area is 98.1 Å². The quantitative estimate of drug-likeness (QED) is 0.880. The van der Waals surface area contributed by atoms with E-state index in [1.807, 2.05) is 54.6 Å². The summed E-state index contributed by atoms with van der Waals surface area (Å²) in [6, 6.07) is 18.2. The highest BCUT2D eigenvalue weighted by atomic mass is 79.9. The average molecular weight is 262 g/mol. The van der Waals surface area contributed by atoms with E-state index in [1.165, 1.54) is 0 Å². The van der Waals surface area contributed by atoms with Gasteiger partial charge in [-0.15, -0.1) is 0 Å². The Morgan fingerprint density at radius 2 is 1.33 bits per heavy atom. The summed E-state index contributed by atoms with van der Waals surface area (Å²) < 4.78 is 1.08. The zero-order valence-electron chi connectivity index (χ0n) is 8.23. The van der Waals surface area contributed by atoms with Crippen molar-refractivity contribution in [2.45, 2.75) is 6.04 Å². The van der Waals surface area contributed by atoms with E-state index in [1.54, 1.807) is 0 Å². The summed E-state index contributed by atoms with van der Waals surface area (Å²) in [6.07, 6.45) is 0. The highest BCUT2D eigenvalue weighted by Gasteiger charge is 2.07. The molecule has 2 rings (SSSR count). The maximum Gasteiger partial charge on any atom is 0.0551 e. The third kappa shape index (κ3) is 2.46. The highest BCUT2D eigenvalue weighted by Crippen LogP contribution is 2.20. The number of hydrogen-bond acceptors (Lipinski definition) is 1. The Morgan fingerprint density at radius 3 is 1.93 bits per heavy atom. The number of benzene rings is 2. The molecule has 0 radical (unpaired) electrons. The van der Waals surface area contributed by atoms with Crippen LogP contribution in [0.15, 0.2) is 59.1 Å². The van der Waals surface area contributed by atoms with Gasteiger partial charge in [0.05, 0.1) is 6.04 Å². The fraction of sp³-hybridized carbons (Fsp3) is 0.0769. The molecule has 15 heavy (non-hydrogen) atoms. The Hall–Kier alpha value is -1.12. The van der Waals surface area contributed by atoms with Gasteiger partial charge >= 0.3 is 0 Å². The summed E-state index contributed by atoms with van der Waals surface area (Å²) in [5, 5.41) is 0. The Kier molecular flexibility index (Phi) is 3.19. The first-order chi connectivity index (χ1) is 7.27. The minimum atomic E-state index is -0.0423. The summed E-state index contributed by atoms with van der Waals surface area (Å²) in [6.45, 7) is 0. The second-order valence-corrected chi connectivity index (χ2v) is 4.36. The van der Waals surface area contributed by atoms with E-state index in [-0.39, 0.29) is 6.04 Å². The van der Waals surface area contributed by atoms with E-state index in [4.69, 9.17) is 5.73 Å². The Morgan fingerprint density at radius 1 is 0.800 bits per heavy atom. The second kappa shape index (κ2) is 4.60. The standard InChI is InChI=1S/C13H12BrN/c14-12-8-6-11(7-9-12)13(15)10-4-2-1-3-5-10/h1-9,13H,15H2/t13-/m0/s1. The maximum absolute atomic E-state index is 6.15. The normalized spacial score (nSPS) is 12.4. The molecule has 1 nitrogen and oxygen atoms in total. The average Bonchev–Trinajstić information content (AvgIpc) is 2.30. The van der Waals surface area contributed by atoms with Gasteiger partial charge in [0, 0.05) is 4.47 Å². The number of rotatable bonds is 2. The van der Waals surface area contributed by atoms with Gasteiger partial charge in [0.2, 0.25) is 0 Å².